The maximum Gasteiger partial charge on any atom is 0.260 e. The van der Waals surface area contributed by atoms with Crippen LogP contribution in [0.5, 0.6) is 0 Å². The number of hydrogen-bond donors (Lipinski definition) is 2. The normalized spacial score (nSPS) is 15.9. The third-order valence-electron chi connectivity index (χ3n) is 5.52. The van der Waals surface area contributed by atoms with Crippen LogP contribution in [0.2, 0.25) is 0 Å². The average Bonchev–Trinajstić information content (AvgIpc) is 3.53. The number of nitrogens with zero attached hydrogens (tertiary/aromatic N) is 3. The fourth-order valence-electron chi connectivity index (χ4n) is 3.99. The van der Waals surface area contributed by atoms with Crippen molar-refractivity contribution >= 4 is 39.3 Å². The van der Waals surface area contributed by atoms with Crippen LogP contribution in [0.3, 0.4) is 0 Å². The molecule has 1 atom stereocenters. The number of imidazole rings is 1. The number of halogens is 1. The molecule has 0 radical (unpaired) electrons. The molecule has 1 saturated heterocycles. The molecule has 0 spiro atoms. The Morgan fingerprint density at radius 1 is 1.16 bits per heavy atom. The quantitative estimate of drug-likeness (QED) is 0.475. The van der Waals surface area contributed by atoms with Crippen LogP contribution in [-0.4, -0.2) is 38.2 Å². The van der Waals surface area contributed by atoms with Crippen molar-refractivity contribution in [2.45, 2.75) is 25.3 Å². The summed E-state index contributed by atoms with van der Waals surface area (Å²) in [5.41, 5.74) is 2.36. The highest BCUT2D eigenvalue weighted by Gasteiger charge is 2.32. The lowest BCUT2D eigenvalue weighted by Gasteiger charge is -2.22. The van der Waals surface area contributed by atoms with Crippen molar-refractivity contribution in [3.63, 3.8) is 0 Å². The molecular formula is C23H20FN5O2S. The van der Waals surface area contributed by atoms with E-state index in [1.807, 2.05) is 29.2 Å². The Morgan fingerprint density at radius 2 is 1.97 bits per heavy atom. The molecule has 9 heteroatoms. The van der Waals surface area contributed by atoms with E-state index in [0.717, 1.165) is 29.7 Å². The number of H-pyrrole nitrogens is 1. The minimum absolute atomic E-state index is 0.0368. The van der Waals surface area contributed by atoms with Gasteiger partial charge in [0.1, 0.15) is 11.6 Å². The van der Waals surface area contributed by atoms with Crippen LogP contribution in [0.4, 0.5) is 9.52 Å². The second-order valence-corrected chi connectivity index (χ2v) is 8.50. The highest BCUT2D eigenvalue weighted by atomic mass is 32.1. The van der Waals surface area contributed by atoms with E-state index in [9.17, 15) is 14.0 Å². The molecule has 1 aliphatic rings. The molecule has 32 heavy (non-hydrogen) atoms. The molecule has 0 bridgehead atoms. The van der Waals surface area contributed by atoms with E-state index >= 15 is 0 Å². The van der Waals surface area contributed by atoms with Crippen LogP contribution < -0.4 is 5.32 Å². The molecule has 1 aliphatic heterocycles. The number of para-hydroxylation sites is 2. The van der Waals surface area contributed by atoms with Crippen LogP contribution in [-0.2, 0) is 11.2 Å². The predicted molar refractivity (Wildman–Crippen MR) is 120 cm³/mol. The number of carbonyl (C=O) groups is 2. The summed E-state index contributed by atoms with van der Waals surface area (Å²) in [5, 5.41) is 4.67. The molecule has 162 valence electrons. The van der Waals surface area contributed by atoms with E-state index in [0.29, 0.717) is 17.4 Å². The maximum absolute atomic E-state index is 13.8. The number of nitrogens with one attached hydrogen (secondary N) is 2. The largest absolute Gasteiger partial charge is 0.340 e. The summed E-state index contributed by atoms with van der Waals surface area (Å²) in [6, 6.07) is 13.5. The molecule has 2 aromatic carbocycles. The summed E-state index contributed by atoms with van der Waals surface area (Å²) >= 11 is 1.21. The first kappa shape index (κ1) is 20.3. The molecule has 3 heterocycles. The van der Waals surface area contributed by atoms with Gasteiger partial charge in [-0.1, -0.05) is 24.3 Å². The van der Waals surface area contributed by atoms with Gasteiger partial charge in [0.25, 0.3) is 5.91 Å². The minimum atomic E-state index is -0.595. The van der Waals surface area contributed by atoms with Crippen molar-refractivity contribution < 1.29 is 14.0 Å². The number of aromatic nitrogens is 3. The fraction of sp³-hybridized carbons (Fsp3) is 0.217. The van der Waals surface area contributed by atoms with Crippen LogP contribution in [0.15, 0.2) is 53.9 Å². The number of likely N-dealkylation sites (tertiary alicyclic amines) is 1. The van der Waals surface area contributed by atoms with Crippen LogP contribution >= 0.6 is 11.3 Å². The van der Waals surface area contributed by atoms with Gasteiger partial charge >= 0.3 is 0 Å². The van der Waals surface area contributed by atoms with Gasteiger partial charge in [0.05, 0.1) is 34.8 Å². The molecule has 0 saturated carbocycles. The number of rotatable bonds is 5. The van der Waals surface area contributed by atoms with E-state index in [-0.39, 0.29) is 23.9 Å². The zero-order valence-electron chi connectivity index (χ0n) is 17.0. The topological polar surface area (TPSA) is 91.0 Å². The Morgan fingerprint density at radius 3 is 2.81 bits per heavy atom. The maximum atomic E-state index is 13.8. The Bertz CT molecular complexity index is 1270. The SMILES string of the molecule is O=C(Nc1nc(CC(=O)N2CCCC2c2nc3ccccc3[nH]2)cs1)c1ccccc1F. The number of thiazole rings is 1. The predicted octanol–water partition coefficient (Wildman–Crippen LogP) is 4.32. The Balaban J connectivity index is 1.26. The van der Waals surface area contributed by atoms with E-state index < -0.39 is 11.7 Å². The molecule has 5 rings (SSSR count). The molecule has 2 N–H and O–H groups in total. The second kappa shape index (κ2) is 8.51. The van der Waals surface area contributed by atoms with Gasteiger partial charge in [-0.2, -0.15) is 0 Å². The molecule has 7 nitrogen and oxygen atoms in total. The van der Waals surface area contributed by atoms with Crippen molar-refractivity contribution in [1.82, 2.24) is 19.9 Å². The Labute approximate surface area is 187 Å². The smallest absolute Gasteiger partial charge is 0.260 e. The fourth-order valence-corrected chi connectivity index (χ4v) is 4.70. The van der Waals surface area contributed by atoms with Crippen LogP contribution in [0.25, 0.3) is 11.0 Å². The van der Waals surface area contributed by atoms with E-state index in [1.165, 1.54) is 29.5 Å². The van der Waals surface area contributed by atoms with Crippen molar-refractivity contribution in [1.29, 1.82) is 0 Å². The van der Waals surface area contributed by atoms with Gasteiger partial charge in [-0.15, -0.1) is 11.3 Å². The first-order valence-electron chi connectivity index (χ1n) is 10.3. The molecule has 4 aromatic rings. The van der Waals surface area contributed by atoms with Gasteiger partial charge in [-0.3, -0.25) is 14.9 Å². The van der Waals surface area contributed by atoms with Gasteiger partial charge in [-0.05, 0) is 37.1 Å². The van der Waals surface area contributed by atoms with Gasteiger partial charge in [0.15, 0.2) is 5.13 Å². The minimum Gasteiger partial charge on any atom is -0.340 e. The summed E-state index contributed by atoms with van der Waals surface area (Å²) in [6.07, 6.45) is 1.89. The number of amides is 2. The van der Waals surface area contributed by atoms with E-state index in [2.05, 4.69) is 20.3 Å². The first-order valence-corrected chi connectivity index (χ1v) is 11.2. The molecule has 1 unspecified atom stereocenters. The summed E-state index contributed by atoms with van der Waals surface area (Å²) < 4.78 is 13.8. The van der Waals surface area contributed by atoms with Crippen molar-refractivity contribution in [2.24, 2.45) is 0 Å². The summed E-state index contributed by atoms with van der Waals surface area (Å²) in [5.74, 6) is -0.402. The number of anilines is 1. The summed E-state index contributed by atoms with van der Waals surface area (Å²) in [7, 11) is 0. The number of fused-ring (bicyclic) bond motifs is 1. The van der Waals surface area contributed by atoms with Crippen LogP contribution in [0, 0.1) is 5.82 Å². The van der Waals surface area contributed by atoms with Crippen LogP contribution in [0.1, 0.15) is 40.8 Å². The number of benzene rings is 2. The summed E-state index contributed by atoms with van der Waals surface area (Å²) in [4.78, 5) is 39.5. The average molecular weight is 450 g/mol. The lowest BCUT2D eigenvalue weighted by Crippen LogP contribution is -2.32. The van der Waals surface area contributed by atoms with Gasteiger partial charge in [0, 0.05) is 11.9 Å². The molecule has 0 aliphatic carbocycles. The monoisotopic (exact) mass is 449 g/mol. The van der Waals surface area contributed by atoms with E-state index in [4.69, 9.17) is 0 Å². The number of hydrogen-bond acceptors (Lipinski definition) is 5. The van der Waals surface area contributed by atoms with Gasteiger partial charge in [-0.25, -0.2) is 14.4 Å². The molecular weight excluding hydrogens is 429 g/mol. The third kappa shape index (κ3) is 3.99. The highest BCUT2D eigenvalue weighted by Crippen LogP contribution is 2.32. The highest BCUT2D eigenvalue weighted by molar-refractivity contribution is 7.14. The molecule has 2 amide bonds. The van der Waals surface area contributed by atoms with E-state index in [1.54, 1.807) is 11.4 Å². The molecule has 2 aromatic heterocycles. The standard InChI is InChI=1S/C23H20FN5O2S/c24-16-7-2-1-6-15(16)22(31)28-23-25-14(13-32-23)12-20(30)29-11-5-10-19(29)21-26-17-8-3-4-9-18(17)27-21/h1-4,6-9,13,19H,5,10-12H2,(H,26,27)(H,25,28,31). The molecule has 1 fully saturated rings. The number of carbonyl (C=O) groups excluding carboxylic acids is 2. The van der Waals surface area contributed by atoms with Crippen molar-refractivity contribution in [3.8, 4) is 0 Å². The van der Waals surface area contributed by atoms with Crippen molar-refractivity contribution in [3.05, 3.63) is 76.8 Å². The first-order chi connectivity index (χ1) is 15.6. The van der Waals surface area contributed by atoms with Gasteiger partial charge < -0.3 is 9.88 Å². The number of aromatic amines is 1. The summed E-state index contributed by atoms with van der Waals surface area (Å²) in [6.45, 7) is 0.668. The lowest BCUT2D eigenvalue weighted by molar-refractivity contribution is -0.131. The Hall–Kier alpha value is -3.59. The van der Waals surface area contributed by atoms with Gasteiger partial charge in [0.2, 0.25) is 5.91 Å². The third-order valence-corrected chi connectivity index (χ3v) is 6.33. The zero-order valence-corrected chi connectivity index (χ0v) is 17.9. The zero-order chi connectivity index (χ0) is 22.1. The second-order valence-electron chi connectivity index (χ2n) is 7.64. The Kier molecular flexibility index (Phi) is 5.40. The lowest BCUT2D eigenvalue weighted by atomic mass is 10.2. The van der Waals surface area contributed by atoms with Crippen molar-refractivity contribution in [2.75, 3.05) is 11.9 Å².